The highest BCUT2D eigenvalue weighted by Crippen LogP contribution is 2.27. The lowest BCUT2D eigenvalue weighted by molar-refractivity contribution is 0.0995. The van der Waals surface area contributed by atoms with Crippen LogP contribution >= 0.6 is 0 Å². The van der Waals surface area contributed by atoms with Gasteiger partial charge in [-0.05, 0) is 55.5 Å². The number of hydrogen-bond donors (Lipinski definition) is 2. The third-order valence-electron chi connectivity index (χ3n) is 5.38. The van der Waals surface area contributed by atoms with Crippen molar-refractivity contribution in [3.63, 3.8) is 0 Å². The molecule has 174 valence electrons. The van der Waals surface area contributed by atoms with E-state index in [1.807, 2.05) is 0 Å². The van der Waals surface area contributed by atoms with E-state index in [9.17, 15) is 14.4 Å². The summed E-state index contributed by atoms with van der Waals surface area (Å²) in [5.74, 6) is -0.271. The van der Waals surface area contributed by atoms with Crippen LogP contribution in [0.5, 0.6) is 0 Å². The summed E-state index contributed by atoms with van der Waals surface area (Å²) in [5.41, 5.74) is 7.73. The Morgan fingerprint density at radius 2 is 1.86 bits per heavy atom. The summed E-state index contributed by atoms with van der Waals surface area (Å²) in [6.45, 7) is 1.75. The van der Waals surface area contributed by atoms with Crippen molar-refractivity contribution in [1.82, 2.24) is 24.3 Å². The van der Waals surface area contributed by atoms with E-state index in [2.05, 4.69) is 20.4 Å². The lowest BCUT2D eigenvalue weighted by Gasteiger charge is -2.06. The van der Waals surface area contributed by atoms with Crippen LogP contribution in [0, 0.1) is 6.92 Å². The molecule has 2 aromatic carbocycles. The van der Waals surface area contributed by atoms with Gasteiger partial charge in [0.05, 0.1) is 5.69 Å². The van der Waals surface area contributed by atoms with Gasteiger partial charge < -0.3 is 15.5 Å². The fourth-order valence-corrected chi connectivity index (χ4v) is 3.72. The van der Waals surface area contributed by atoms with Crippen molar-refractivity contribution in [3.8, 4) is 17.1 Å². The zero-order valence-corrected chi connectivity index (χ0v) is 18.7. The summed E-state index contributed by atoms with van der Waals surface area (Å²) < 4.78 is 8.68. The van der Waals surface area contributed by atoms with Crippen molar-refractivity contribution in [3.05, 3.63) is 88.4 Å². The number of nitrogens with zero attached hydrogens (tertiary/aromatic N) is 5. The van der Waals surface area contributed by atoms with Crippen LogP contribution < -0.4 is 16.7 Å². The Morgan fingerprint density at radius 1 is 1.09 bits per heavy atom. The second kappa shape index (κ2) is 8.37. The van der Waals surface area contributed by atoms with E-state index in [1.54, 1.807) is 62.5 Å². The van der Waals surface area contributed by atoms with Gasteiger partial charge in [0.1, 0.15) is 11.3 Å². The molecule has 0 aliphatic rings. The van der Waals surface area contributed by atoms with E-state index >= 15 is 0 Å². The fraction of sp³-hybridized carbons (Fsp3) is 0.0833. The SMILES string of the molecule is Cc1nn(C)c(=O)n1-c1ccc(-c2nc3ccnc(C(=O)Nc4cccc(C(N)=O)c4)c3o2)cc1. The van der Waals surface area contributed by atoms with Gasteiger partial charge in [0.2, 0.25) is 11.8 Å². The van der Waals surface area contributed by atoms with Crippen molar-refractivity contribution < 1.29 is 14.0 Å². The highest BCUT2D eigenvalue weighted by Gasteiger charge is 2.19. The van der Waals surface area contributed by atoms with Gasteiger partial charge in [0.25, 0.3) is 5.91 Å². The zero-order chi connectivity index (χ0) is 24.7. The number of hydrogen-bond acceptors (Lipinski definition) is 7. The first kappa shape index (κ1) is 21.8. The van der Waals surface area contributed by atoms with Gasteiger partial charge in [0, 0.05) is 30.1 Å². The maximum absolute atomic E-state index is 12.9. The summed E-state index contributed by atoms with van der Waals surface area (Å²) in [5, 5.41) is 6.83. The summed E-state index contributed by atoms with van der Waals surface area (Å²) in [7, 11) is 1.59. The molecule has 5 rings (SSSR count). The average molecular weight is 469 g/mol. The van der Waals surface area contributed by atoms with Gasteiger partial charge in [-0.1, -0.05) is 6.07 Å². The molecule has 0 fully saturated rings. The highest BCUT2D eigenvalue weighted by molar-refractivity contribution is 6.10. The van der Waals surface area contributed by atoms with Crippen LogP contribution in [0.2, 0.25) is 0 Å². The minimum atomic E-state index is -0.601. The summed E-state index contributed by atoms with van der Waals surface area (Å²) in [4.78, 5) is 45.3. The van der Waals surface area contributed by atoms with Gasteiger partial charge in [-0.25, -0.2) is 24.0 Å². The van der Waals surface area contributed by atoms with Crippen LogP contribution in [0.1, 0.15) is 26.7 Å². The first-order valence-corrected chi connectivity index (χ1v) is 10.5. The van der Waals surface area contributed by atoms with Crippen LogP contribution in [0.4, 0.5) is 5.69 Å². The van der Waals surface area contributed by atoms with Crippen LogP contribution in [-0.4, -0.2) is 36.1 Å². The van der Waals surface area contributed by atoms with Crippen LogP contribution in [0.3, 0.4) is 0 Å². The number of anilines is 1. The number of aromatic nitrogens is 5. The number of nitrogens with one attached hydrogen (secondary N) is 1. The molecule has 5 aromatic rings. The third kappa shape index (κ3) is 3.95. The predicted molar refractivity (Wildman–Crippen MR) is 127 cm³/mol. The molecule has 0 atom stereocenters. The quantitative estimate of drug-likeness (QED) is 0.401. The molecule has 0 spiro atoms. The fourth-order valence-electron chi connectivity index (χ4n) is 3.72. The van der Waals surface area contributed by atoms with E-state index in [4.69, 9.17) is 10.2 Å². The molecule has 0 aliphatic heterocycles. The van der Waals surface area contributed by atoms with Crippen molar-refractivity contribution in [2.45, 2.75) is 6.92 Å². The summed E-state index contributed by atoms with van der Waals surface area (Å²) >= 11 is 0. The molecule has 2 amide bonds. The monoisotopic (exact) mass is 469 g/mol. The lowest BCUT2D eigenvalue weighted by Crippen LogP contribution is -2.21. The number of pyridine rings is 1. The first-order valence-electron chi connectivity index (χ1n) is 10.5. The Labute approximate surface area is 197 Å². The zero-order valence-electron chi connectivity index (χ0n) is 18.7. The molecule has 0 saturated heterocycles. The summed E-state index contributed by atoms with van der Waals surface area (Å²) in [6, 6.07) is 15.0. The maximum atomic E-state index is 12.9. The van der Waals surface area contributed by atoms with Crippen LogP contribution in [0.25, 0.3) is 28.2 Å². The number of aryl methyl sites for hydroxylation is 2. The number of carbonyl (C=O) groups is 2. The summed E-state index contributed by atoms with van der Waals surface area (Å²) in [6.07, 6.45) is 1.46. The van der Waals surface area contributed by atoms with E-state index in [0.717, 1.165) is 0 Å². The second-order valence-electron chi connectivity index (χ2n) is 7.76. The van der Waals surface area contributed by atoms with Gasteiger partial charge in [-0.3, -0.25) is 9.59 Å². The molecule has 3 aromatic heterocycles. The Kier molecular flexibility index (Phi) is 5.21. The Morgan fingerprint density at radius 3 is 2.54 bits per heavy atom. The number of carbonyl (C=O) groups excluding carboxylic acids is 2. The van der Waals surface area contributed by atoms with Crippen molar-refractivity contribution in [1.29, 1.82) is 0 Å². The number of fused-ring (bicyclic) bond motifs is 1. The van der Waals surface area contributed by atoms with E-state index in [1.165, 1.54) is 21.5 Å². The Balaban J connectivity index is 1.46. The Hall–Kier alpha value is -5.06. The van der Waals surface area contributed by atoms with E-state index < -0.39 is 11.8 Å². The number of benzene rings is 2. The van der Waals surface area contributed by atoms with Crippen molar-refractivity contribution in [2.24, 2.45) is 12.8 Å². The van der Waals surface area contributed by atoms with Gasteiger partial charge in [-0.15, -0.1) is 0 Å². The number of rotatable bonds is 5. The second-order valence-corrected chi connectivity index (χ2v) is 7.76. The lowest BCUT2D eigenvalue weighted by atomic mass is 10.2. The molecule has 0 bridgehead atoms. The van der Waals surface area contributed by atoms with Crippen LogP contribution in [0.15, 0.2) is 70.0 Å². The molecular weight excluding hydrogens is 450 g/mol. The molecule has 3 heterocycles. The average Bonchev–Trinajstić information content (AvgIpc) is 3.39. The van der Waals surface area contributed by atoms with Crippen LogP contribution in [-0.2, 0) is 7.05 Å². The molecule has 0 radical (unpaired) electrons. The molecule has 11 nitrogen and oxygen atoms in total. The van der Waals surface area contributed by atoms with Gasteiger partial charge in [-0.2, -0.15) is 5.10 Å². The number of nitrogens with two attached hydrogens (primary N) is 1. The molecule has 0 unspecified atom stereocenters. The van der Waals surface area contributed by atoms with Crippen molar-refractivity contribution in [2.75, 3.05) is 5.32 Å². The molecule has 11 heteroatoms. The van der Waals surface area contributed by atoms with Crippen molar-refractivity contribution >= 4 is 28.6 Å². The van der Waals surface area contributed by atoms with Gasteiger partial charge in [0.15, 0.2) is 11.3 Å². The smallest absolute Gasteiger partial charge is 0.350 e. The number of oxazole rings is 1. The highest BCUT2D eigenvalue weighted by atomic mass is 16.3. The molecular formula is C24H19N7O4. The minimum absolute atomic E-state index is 0.0416. The standard InChI is InChI=1S/C24H19N7O4/c1-13-29-30(2)24(34)31(13)17-8-6-14(7-9-17)23-28-18-10-11-26-19(20(18)35-23)22(33)27-16-5-3-4-15(12-16)21(25)32/h3-12H,1-2H3,(H2,25,32)(H,27,33). The first-order chi connectivity index (χ1) is 16.8. The topological polar surface area (TPSA) is 151 Å². The third-order valence-corrected chi connectivity index (χ3v) is 5.38. The molecule has 3 N–H and O–H groups in total. The minimum Gasteiger partial charge on any atom is -0.434 e. The normalized spacial score (nSPS) is 11.0. The molecule has 35 heavy (non-hydrogen) atoms. The maximum Gasteiger partial charge on any atom is 0.350 e. The van der Waals surface area contributed by atoms with E-state index in [-0.39, 0.29) is 22.5 Å². The van der Waals surface area contributed by atoms with E-state index in [0.29, 0.717) is 34.2 Å². The number of primary amides is 1. The largest absolute Gasteiger partial charge is 0.434 e. The molecule has 0 saturated carbocycles. The predicted octanol–water partition coefficient (Wildman–Crippen LogP) is 2.43. The Bertz CT molecular complexity index is 1660. The van der Waals surface area contributed by atoms with Gasteiger partial charge >= 0.3 is 5.69 Å². The molecule has 0 aliphatic carbocycles. The number of amides is 2.